The molecule has 1 N–H and O–H groups in total. The van der Waals surface area contributed by atoms with Gasteiger partial charge in [-0.3, -0.25) is 0 Å². The Balaban J connectivity index is 1.63. The van der Waals surface area contributed by atoms with Crippen molar-refractivity contribution < 1.29 is 4.79 Å². The molecule has 1 aromatic rings. The average Bonchev–Trinajstić information content (AvgIpc) is 3.33. The van der Waals surface area contributed by atoms with Crippen LogP contribution in [0.4, 0.5) is 4.79 Å². The van der Waals surface area contributed by atoms with E-state index in [4.69, 9.17) is 23.2 Å². The molecule has 1 aliphatic heterocycles. The molecule has 0 spiro atoms. The number of urea groups is 1. The summed E-state index contributed by atoms with van der Waals surface area (Å²) < 4.78 is 0. The molecule has 1 heterocycles. The molecule has 1 atom stereocenters. The highest BCUT2D eigenvalue weighted by atomic mass is 35.5. The van der Waals surface area contributed by atoms with E-state index in [1.807, 2.05) is 17.0 Å². The van der Waals surface area contributed by atoms with Crippen molar-refractivity contribution in [1.29, 1.82) is 0 Å². The maximum Gasteiger partial charge on any atom is 0.318 e. The third-order valence-corrected chi connectivity index (χ3v) is 5.28. The SMILES string of the molecule is CN1CCC[C@H](NC(=O)N(Cc2ccc(Cl)c(Cl)c2)C2CC2)C1. The minimum atomic E-state index is 0.0406. The first-order chi connectivity index (χ1) is 11.0. The molecule has 3 rings (SSSR count). The number of piperidine rings is 1. The maximum atomic E-state index is 12.7. The second-order valence-electron chi connectivity index (χ2n) is 6.66. The summed E-state index contributed by atoms with van der Waals surface area (Å²) in [5.41, 5.74) is 1.02. The fourth-order valence-corrected chi connectivity index (χ4v) is 3.45. The number of amides is 2. The van der Waals surface area contributed by atoms with Crippen LogP contribution >= 0.6 is 23.2 Å². The topological polar surface area (TPSA) is 35.6 Å². The van der Waals surface area contributed by atoms with Crippen LogP contribution in [0.2, 0.25) is 10.0 Å². The molecule has 4 nitrogen and oxygen atoms in total. The van der Waals surface area contributed by atoms with Crippen LogP contribution < -0.4 is 5.32 Å². The first-order valence-electron chi connectivity index (χ1n) is 8.22. The van der Waals surface area contributed by atoms with E-state index in [0.717, 1.165) is 44.3 Å². The lowest BCUT2D eigenvalue weighted by Gasteiger charge is -2.32. The normalized spacial score (nSPS) is 22.0. The summed E-state index contributed by atoms with van der Waals surface area (Å²) in [4.78, 5) is 16.9. The van der Waals surface area contributed by atoms with Gasteiger partial charge in [-0.1, -0.05) is 29.3 Å². The number of benzene rings is 1. The predicted octanol–water partition coefficient (Wildman–Crippen LogP) is 3.76. The summed E-state index contributed by atoms with van der Waals surface area (Å²) in [6.07, 6.45) is 4.36. The number of rotatable bonds is 4. The van der Waals surface area contributed by atoms with Gasteiger partial charge in [-0.25, -0.2) is 4.79 Å². The lowest BCUT2D eigenvalue weighted by molar-refractivity contribution is 0.173. The zero-order valence-corrected chi connectivity index (χ0v) is 14.9. The summed E-state index contributed by atoms with van der Waals surface area (Å²) in [5, 5.41) is 4.28. The van der Waals surface area contributed by atoms with Crippen molar-refractivity contribution in [2.24, 2.45) is 0 Å². The Labute approximate surface area is 147 Å². The Bertz CT molecular complexity index is 577. The van der Waals surface area contributed by atoms with E-state index in [2.05, 4.69) is 17.3 Å². The van der Waals surface area contributed by atoms with Gasteiger partial charge in [0.1, 0.15) is 0 Å². The largest absolute Gasteiger partial charge is 0.334 e. The van der Waals surface area contributed by atoms with E-state index in [-0.39, 0.29) is 12.1 Å². The van der Waals surface area contributed by atoms with Crippen molar-refractivity contribution in [3.05, 3.63) is 33.8 Å². The van der Waals surface area contributed by atoms with E-state index >= 15 is 0 Å². The second kappa shape index (κ2) is 7.29. The molecule has 1 aromatic carbocycles. The summed E-state index contributed by atoms with van der Waals surface area (Å²) in [6, 6.07) is 6.21. The Morgan fingerprint density at radius 3 is 2.74 bits per heavy atom. The number of carbonyl (C=O) groups excluding carboxylic acids is 1. The van der Waals surface area contributed by atoms with Crippen LogP contribution in [-0.2, 0) is 6.54 Å². The van der Waals surface area contributed by atoms with Crippen molar-refractivity contribution >= 4 is 29.2 Å². The van der Waals surface area contributed by atoms with E-state index in [1.165, 1.54) is 0 Å². The van der Waals surface area contributed by atoms with Gasteiger partial charge < -0.3 is 15.1 Å². The van der Waals surface area contributed by atoms with Crippen molar-refractivity contribution in [2.45, 2.75) is 44.3 Å². The van der Waals surface area contributed by atoms with E-state index in [1.54, 1.807) is 6.07 Å². The monoisotopic (exact) mass is 355 g/mol. The summed E-state index contributed by atoms with van der Waals surface area (Å²) in [6.45, 7) is 2.62. The number of hydrogen-bond acceptors (Lipinski definition) is 2. The van der Waals surface area contributed by atoms with Gasteiger partial charge in [-0.05, 0) is 57.0 Å². The molecule has 1 saturated heterocycles. The standard InChI is InChI=1S/C17H23Cl2N3O/c1-21-8-2-3-13(11-21)20-17(23)22(14-5-6-14)10-12-4-7-15(18)16(19)9-12/h4,7,9,13-14H,2-3,5-6,8,10-11H2,1H3,(H,20,23)/t13-/m0/s1. The number of nitrogens with one attached hydrogen (secondary N) is 1. The van der Waals surface area contributed by atoms with Crippen molar-refractivity contribution in [3.8, 4) is 0 Å². The average molecular weight is 356 g/mol. The molecule has 0 bridgehead atoms. The number of halogens is 2. The molecule has 1 aliphatic carbocycles. The fraction of sp³-hybridized carbons (Fsp3) is 0.588. The summed E-state index contributed by atoms with van der Waals surface area (Å²) in [5.74, 6) is 0. The summed E-state index contributed by atoms with van der Waals surface area (Å²) in [7, 11) is 2.10. The minimum absolute atomic E-state index is 0.0406. The number of nitrogens with zero attached hydrogens (tertiary/aromatic N) is 2. The first kappa shape index (κ1) is 16.9. The maximum absolute atomic E-state index is 12.7. The van der Waals surface area contributed by atoms with Crippen LogP contribution in [0.5, 0.6) is 0 Å². The molecule has 6 heteroatoms. The quantitative estimate of drug-likeness (QED) is 0.892. The highest BCUT2D eigenvalue weighted by Gasteiger charge is 2.33. The molecule has 2 aliphatic rings. The van der Waals surface area contributed by atoms with E-state index < -0.39 is 0 Å². The molecule has 0 radical (unpaired) electrons. The van der Waals surface area contributed by atoms with E-state index in [0.29, 0.717) is 22.6 Å². The van der Waals surface area contributed by atoms with E-state index in [9.17, 15) is 4.79 Å². The fourth-order valence-electron chi connectivity index (χ4n) is 3.13. The van der Waals surface area contributed by atoms with Crippen molar-refractivity contribution in [1.82, 2.24) is 15.1 Å². The van der Waals surface area contributed by atoms with Gasteiger partial charge in [0.25, 0.3) is 0 Å². The molecule has 0 aromatic heterocycles. The predicted molar refractivity (Wildman–Crippen MR) is 94.1 cm³/mol. The second-order valence-corrected chi connectivity index (χ2v) is 7.47. The zero-order valence-electron chi connectivity index (χ0n) is 13.4. The van der Waals surface area contributed by atoms with Crippen LogP contribution in [0.1, 0.15) is 31.2 Å². The van der Waals surface area contributed by atoms with Gasteiger partial charge in [-0.15, -0.1) is 0 Å². The van der Waals surface area contributed by atoms with Crippen molar-refractivity contribution in [3.63, 3.8) is 0 Å². The number of likely N-dealkylation sites (N-methyl/N-ethyl adjacent to an activating group) is 1. The minimum Gasteiger partial charge on any atom is -0.334 e. The van der Waals surface area contributed by atoms with Gasteiger partial charge in [-0.2, -0.15) is 0 Å². The third kappa shape index (κ3) is 4.52. The van der Waals surface area contributed by atoms with Crippen LogP contribution in [-0.4, -0.2) is 48.1 Å². The molecular weight excluding hydrogens is 333 g/mol. The summed E-state index contributed by atoms with van der Waals surface area (Å²) >= 11 is 12.1. The van der Waals surface area contributed by atoms with Crippen LogP contribution in [0.3, 0.4) is 0 Å². The lowest BCUT2D eigenvalue weighted by Crippen LogP contribution is -2.51. The van der Waals surface area contributed by atoms with Crippen LogP contribution in [0.15, 0.2) is 18.2 Å². The molecule has 126 valence electrons. The zero-order chi connectivity index (χ0) is 16.4. The molecular formula is C17H23Cl2N3O. The Morgan fingerprint density at radius 1 is 1.30 bits per heavy atom. The highest BCUT2D eigenvalue weighted by Crippen LogP contribution is 2.30. The highest BCUT2D eigenvalue weighted by molar-refractivity contribution is 6.42. The lowest BCUT2D eigenvalue weighted by atomic mass is 10.1. The van der Waals surface area contributed by atoms with Gasteiger partial charge >= 0.3 is 6.03 Å². The molecule has 2 amide bonds. The Kier molecular flexibility index (Phi) is 5.34. The van der Waals surface area contributed by atoms with Crippen LogP contribution in [0, 0.1) is 0 Å². The Hall–Kier alpha value is -0.970. The molecule has 23 heavy (non-hydrogen) atoms. The first-order valence-corrected chi connectivity index (χ1v) is 8.98. The van der Waals surface area contributed by atoms with Gasteiger partial charge in [0, 0.05) is 25.2 Å². The smallest absolute Gasteiger partial charge is 0.318 e. The van der Waals surface area contributed by atoms with Gasteiger partial charge in [0.2, 0.25) is 0 Å². The number of carbonyl (C=O) groups is 1. The van der Waals surface area contributed by atoms with Crippen molar-refractivity contribution in [2.75, 3.05) is 20.1 Å². The van der Waals surface area contributed by atoms with Crippen LogP contribution in [0.25, 0.3) is 0 Å². The number of likely N-dealkylation sites (tertiary alicyclic amines) is 1. The van der Waals surface area contributed by atoms with Gasteiger partial charge in [0.05, 0.1) is 10.0 Å². The third-order valence-electron chi connectivity index (χ3n) is 4.54. The Morgan fingerprint density at radius 2 is 2.09 bits per heavy atom. The number of hydrogen-bond donors (Lipinski definition) is 1. The molecule has 2 fully saturated rings. The molecule has 0 unspecified atom stereocenters. The molecule has 1 saturated carbocycles. The van der Waals surface area contributed by atoms with Gasteiger partial charge in [0.15, 0.2) is 0 Å².